The third-order valence-electron chi connectivity index (χ3n) is 5.46. The van der Waals surface area contributed by atoms with Crippen LogP contribution in [0.2, 0.25) is 0 Å². The van der Waals surface area contributed by atoms with Crippen molar-refractivity contribution in [3.05, 3.63) is 41.2 Å². The van der Waals surface area contributed by atoms with E-state index >= 15 is 0 Å². The first-order valence-corrected chi connectivity index (χ1v) is 9.27. The van der Waals surface area contributed by atoms with E-state index in [1.165, 1.54) is 24.0 Å². The number of nitrogens with zero attached hydrogens (tertiary/aromatic N) is 2. The molecule has 2 aliphatic heterocycles. The third-order valence-corrected chi connectivity index (χ3v) is 5.46. The zero-order chi connectivity index (χ0) is 17.2. The van der Waals surface area contributed by atoms with E-state index in [-0.39, 0.29) is 0 Å². The van der Waals surface area contributed by atoms with Gasteiger partial charge in [-0.05, 0) is 62.3 Å². The van der Waals surface area contributed by atoms with Gasteiger partial charge < -0.3 is 15.8 Å². The van der Waals surface area contributed by atoms with Crippen LogP contribution in [0.3, 0.4) is 0 Å². The lowest BCUT2D eigenvalue weighted by atomic mass is 9.84. The zero-order valence-corrected chi connectivity index (χ0v) is 14.8. The lowest BCUT2D eigenvalue weighted by Gasteiger charge is -2.27. The summed E-state index contributed by atoms with van der Waals surface area (Å²) in [5.74, 6) is 1.10. The standard InChI is InChI=1S/C20H26N4O/c1-13-20(21)23-12-19(24-13)15-4-5-16(14-6-9-25-10-7-14)17(11-15)18-3-2-8-22-18/h4-5,11-12,14,18,22H,2-3,6-10H2,1H3,(H2,21,23)/t18-/m0/s1. The first-order valence-electron chi connectivity index (χ1n) is 9.27. The highest BCUT2D eigenvalue weighted by Gasteiger charge is 2.25. The van der Waals surface area contributed by atoms with Gasteiger partial charge in [0.1, 0.15) is 5.82 Å². The fourth-order valence-electron chi connectivity index (χ4n) is 4.00. The fraction of sp³-hybridized carbons (Fsp3) is 0.500. The number of benzene rings is 1. The highest BCUT2D eigenvalue weighted by molar-refractivity contribution is 5.62. The summed E-state index contributed by atoms with van der Waals surface area (Å²) in [7, 11) is 0. The van der Waals surface area contributed by atoms with Gasteiger partial charge in [-0.15, -0.1) is 0 Å². The summed E-state index contributed by atoms with van der Waals surface area (Å²) in [6.07, 6.45) is 6.44. The predicted molar refractivity (Wildman–Crippen MR) is 99.4 cm³/mol. The molecular weight excluding hydrogens is 312 g/mol. The maximum atomic E-state index is 5.82. The van der Waals surface area contributed by atoms with Crippen molar-refractivity contribution in [3.8, 4) is 11.3 Å². The van der Waals surface area contributed by atoms with Crippen molar-refractivity contribution in [3.63, 3.8) is 0 Å². The molecule has 2 saturated heterocycles. The second-order valence-electron chi connectivity index (χ2n) is 7.11. The van der Waals surface area contributed by atoms with E-state index in [4.69, 9.17) is 10.5 Å². The van der Waals surface area contributed by atoms with Gasteiger partial charge >= 0.3 is 0 Å². The van der Waals surface area contributed by atoms with Crippen molar-refractivity contribution in [2.24, 2.45) is 0 Å². The van der Waals surface area contributed by atoms with E-state index in [9.17, 15) is 0 Å². The van der Waals surface area contributed by atoms with Crippen LogP contribution in [0, 0.1) is 6.92 Å². The topological polar surface area (TPSA) is 73.1 Å². The van der Waals surface area contributed by atoms with Gasteiger partial charge in [0.15, 0.2) is 0 Å². The number of nitrogens with two attached hydrogens (primary N) is 1. The van der Waals surface area contributed by atoms with Crippen LogP contribution in [0.4, 0.5) is 5.82 Å². The van der Waals surface area contributed by atoms with Gasteiger partial charge in [-0.1, -0.05) is 12.1 Å². The third kappa shape index (κ3) is 3.39. The monoisotopic (exact) mass is 338 g/mol. The number of nitrogens with one attached hydrogen (secondary N) is 1. The summed E-state index contributed by atoms with van der Waals surface area (Å²) in [5.41, 5.74) is 11.5. The molecule has 0 spiro atoms. The number of anilines is 1. The number of ether oxygens (including phenoxy) is 1. The van der Waals surface area contributed by atoms with E-state index in [2.05, 4.69) is 33.5 Å². The van der Waals surface area contributed by atoms with Crippen molar-refractivity contribution in [2.75, 3.05) is 25.5 Å². The van der Waals surface area contributed by atoms with Crippen molar-refractivity contribution >= 4 is 5.82 Å². The van der Waals surface area contributed by atoms with E-state index in [1.54, 1.807) is 6.20 Å². The number of aryl methyl sites for hydroxylation is 1. The average Bonchev–Trinajstić information content (AvgIpc) is 3.19. The summed E-state index contributed by atoms with van der Waals surface area (Å²) in [6.45, 7) is 4.74. The van der Waals surface area contributed by atoms with Crippen LogP contribution in [0.15, 0.2) is 24.4 Å². The molecule has 0 unspecified atom stereocenters. The van der Waals surface area contributed by atoms with Crippen LogP contribution in [0.5, 0.6) is 0 Å². The van der Waals surface area contributed by atoms with Gasteiger partial charge in [-0.25, -0.2) is 9.97 Å². The normalized spacial score (nSPS) is 21.6. The Kier molecular flexibility index (Phi) is 4.68. The van der Waals surface area contributed by atoms with Gasteiger partial charge in [-0.3, -0.25) is 0 Å². The van der Waals surface area contributed by atoms with Crippen LogP contribution in [0.25, 0.3) is 11.3 Å². The Balaban J connectivity index is 1.74. The summed E-state index contributed by atoms with van der Waals surface area (Å²) < 4.78 is 5.56. The van der Waals surface area contributed by atoms with Crippen molar-refractivity contribution in [2.45, 2.75) is 44.6 Å². The maximum Gasteiger partial charge on any atom is 0.144 e. The number of rotatable bonds is 3. The molecule has 2 fully saturated rings. The Hall–Kier alpha value is -1.98. The summed E-state index contributed by atoms with van der Waals surface area (Å²) >= 11 is 0. The van der Waals surface area contributed by atoms with Crippen molar-refractivity contribution in [1.29, 1.82) is 0 Å². The van der Waals surface area contributed by atoms with Gasteiger partial charge in [0.05, 0.1) is 17.6 Å². The molecule has 25 heavy (non-hydrogen) atoms. The zero-order valence-electron chi connectivity index (χ0n) is 14.8. The highest BCUT2D eigenvalue weighted by Crippen LogP contribution is 2.37. The lowest BCUT2D eigenvalue weighted by molar-refractivity contribution is 0.0851. The predicted octanol–water partition coefficient (Wildman–Crippen LogP) is 3.35. The molecule has 1 aromatic heterocycles. The molecule has 5 heteroatoms. The number of aromatic nitrogens is 2. The molecule has 0 amide bonds. The van der Waals surface area contributed by atoms with Crippen LogP contribution in [0.1, 0.15) is 54.5 Å². The maximum absolute atomic E-state index is 5.82. The first kappa shape index (κ1) is 16.5. The summed E-state index contributed by atoms with van der Waals surface area (Å²) in [6, 6.07) is 7.24. The largest absolute Gasteiger partial charge is 0.382 e. The Morgan fingerprint density at radius 2 is 2.00 bits per heavy atom. The molecular formula is C20H26N4O. The minimum Gasteiger partial charge on any atom is -0.382 e. The Morgan fingerprint density at radius 3 is 2.72 bits per heavy atom. The van der Waals surface area contributed by atoms with Crippen molar-refractivity contribution < 1.29 is 4.74 Å². The van der Waals surface area contributed by atoms with Crippen molar-refractivity contribution in [1.82, 2.24) is 15.3 Å². The van der Waals surface area contributed by atoms with Gasteiger partial charge in [0, 0.05) is 24.8 Å². The average molecular weight is 338 g/mol. The number of nitrogen functional groups attached to an aromatic ring is 1. The molecule has 0 saturated carbocycles. The first-order chi connectivity index (χ1) is 12.2. The second kappa shape index (κ2) is 7.10. The smallest absolute Gasteiger partial charge is 0.144 e. The quantitative estimate of drug-likeness (QED) is 0.898. The molecule has 4 rings (SSSR count). The number of hydrogen-bond donors (Lipinski definition) is 2. The van der Waals surface area contributed by atoms with E-state index in [1.807, 2.05) is 6.92 Å². The molecule has 3 N–H and O–H groups in total. The SMILES string of the molecule is Cc1nc(-c2ccc(C3CCOCC3)c([C@@H]3CCCN3)c2)cnc1N. The summed E-state index contributed by atoms with van der Waals surface area (Å²) in [5, 5.41) is 3.66. The molecule has 1 atom stereocenters. The van der Waals surface area contributed by atoms with E-state index in [0.717, 1.165) is 49.6 Å². The minimum atomic E-state index is 0.445. The Labute approximate surface area is 149 Å². The van der Waals surface area contributed by atoms with E-state index in [0.29, 0.717) is 17.8 Å². The molecule has 0 bridgehead atoms. The van der Waals surface area contributed by atoms with Crippen LogP contribution in [-0.4, -0.2) is 29.7 Å². The van der Waals surface area contributed by atoms with Crippen LogP contribution in [-0.2, 0) is 4.74 Å². The Morgan fingerprint density at radius 1 is 1.16 bits per heavy atom. The van der Waals surface area contributed by atoms with E-state index < -0.39 is 0 Å². The fourth-order valence-corrected chi connectivity index (χ4v) is 4.00. The molecule has 0 aliphatic carbocycles. The second-order valence-corrected chi connectivity index (χ2v) is 7.11. The number of hydrogen-bond acceptors (Lipinski definition) is 5. The van der Waals surface area contributed by atoms with Gasteiger partial charge in [-0.2, -0.15) is 0 Å². The molecule has 2 aliphatic rings. The minimum absolute atomic E-state index is 0.445. The van der Waals surface area contributed by atoms with Gasteiger partial charge in [0.25, 0.3) is 0 Å². The van der Waals surface area contributed by atoms with Crippen LogP contribution < -0.4 is 11.1 Å². The molecule has 5 nitrogen and oxygen atoms in total. The summed E-state index contributed by atoms with van der Waals surface area (Å²) in [4.78, 5) is 8.90. The highest BCUT2D eigenvalue weighted by atomic mass is 16.5. The lowest BCUT2D eigenvalue weighted by Crippen LogP contribution is -2.19. The molecule has 0 radical (unpaired) electrons. The molecule has 3 heterocycles. The van der Waals surface area contributed by atoms with Gasteiger partial charge in [0.2, 0.25) is 0 Å². The molecule has 2 aromatic rings. The Bertz CT molecular complexity index is 749. The molecule has 1 aromatic carbocycles. The van der Waals surface area contributed by atoms with Crippen LogP contribution >= 0.6 is 0 Å². The molecule has 132 valence electrons.